The molecule has 3 aromatic carbocycles. The van der Waals surface area contributed by atoms with E-state index in [1.807, 2.05) is 12.1 Å². The molecule has 0 bridgehead atoms. The standard InChI is InChI=1S/C22H20ClNO3S2/c1-14-4-5-15(2)21(12-14)28-17-8-6-16(7-9-17)24-22(25)19-13-18(29(3,26)27)10-11-20(19)23/h4-13H,1-3H3,(H,24,25). The highest BCUT2D eigenvalue weighted by molar-refractivity contribution is 7.99. The van der Waals surface area contributed by atoms with Gasteiger partial charge in [-0.15, -0.1) is 0 Å². The summed E-state index contributed by atoms with van der Waals surface area (Å²) in [5.41, 5.74) is 3.12. The zero-order valence-corrected chi connectivity index (χ0v) is 18.6. The summed E-state index contributed by atoms with van der Waals surface area (Å²) in [4.78, 5) is 14.9. The van der Waals surface area contributed by atoms with Crippen LogP contribution in [0.1, 0.15) is 21.5 Å². The van der Waals surface area contributed by atoms with Crippen LogP contribution in [0.2, 0.25) is 5.02 Å². The van der Waals surface area contributed by atoms with Crippen molar-refractivity contribution in [1.29, 1.82) is 0 Å². The number of halogens is 1. The average molecular weight is 446 g/mol. The van der Waals surface area contributed by atoms with Gasteiger partial charge in [0.15, 0.2) is 9.84 Å². The SMILES string of the molecule is Cc1ccc(C)c(Sc2ccc(NC(=O)c3cc(S(C)(=O)=O)ccc3Cl)cc2)c1. The Kier molecular flexibility index (Phi) is 6.36. The zero-order valence-electron chi connectivity index (χ0n) is 16.2. The highest BCUT2D eigenvalue weighted by Gasteiger charge is 2.16. The van der Waals surface area contributed by atoms with Crippen LogP contribution < -0.4 is 5.32 Å². The summed E-state index contributed by atoms with van der Waals surface area (Å²) in [6.45, 7) is 4.14. The lowest BCUT2D eigenvalue weighted by Crippen LogP contribution is -2.13. The number of anilines is 1. The number of carbonyl (C=O) groups excluding carboxylic acids is 1. The quantitative estimate of drug-likeness (QED) is 0.542. The van der Waals surface area contributed by atoms with E-state index in [0.29, 0.717) is 5.69 Å². The Morgan fingerprint density at radius 1 is 0.966 bits per heavy atom. The van der Waals surface area contributed by atoms with Crippen molar-refractivity contribution < 1.29 is 13.2 Å². The molecule has 150 valence electrons. The minimum atomic E-state index is -3.43. The fourth-order valence-electron chi connectivity index (χ4n) is 2.66. The van der Waals surface area contributed by atoms with Crippen molar-refractivity contribution in [1.82, 2.24) is 0 Å². The van der Waals surface area contributed by atoms with E-state index in [4.69, 9.17) is 11.6 Å². The molecule has 1 N–H and O–H groups in total. The van der Waals surface area contributed by atoms with E-state index in [-0.39, 0.29) is 15.5 Å². The molecule has 0 unspecified atom stereocenters. The number of sulfone groups is 1. The summed E-state index contributed by atoms with van der Waals surface area (Å²) in [5, 5.41) is 2.95. The smallest absolute Gasteiger partial charge is 0.257 e. The largest absolute Gasteiger partial charge is 0.322 e. The van der Waals surface area contributed by atoms with Crippen LogP contribution in [-0.2, 0) is 9.84 Å². The number of hydrogen-bond acceptors (Lipinski definition) is 4. The molecule has 0 fully saturated rings. The van der Waals surface area contributed by atoms with E-state index in [1.165, 1.54) is 34.2 Å². The van der Waals surface area contributed by atoms with Gasteiger partial charge in [0.05, 0.1) is 15.5 Å². The predicted octanol–water partition coefficient (Wildman–Crippen LogP) is 5.76. The maximum atomic E-state index is 12.6. The average Bonchev–Trinajstić information content (AvgIpc) is 2.65. The number of rotatable bonds is 5. The molecule has 0 radical (unpaired) electrons. The van der Waals surface area contributed by atoms with E-state index in [1.54, 1.807) is 23.9 Å². The number of hydrogen-bond donors (Lipinski definition) is 1. The van der Waals surface area contributed by atoms with Crippen LogP contribution in [-0.4, -0.2) is 20.6 Å². The van der Waals surface area contributed by atoms with Gasteiger partial charge in [-0.3, -0.25) is 4.79 Å². The van der Waals surface area contributed by atoms with Crippen molar-refractivity contribution in [3.8, 4) is 0 Å². The third-order valence-corrected chi connectivity index (χ3v) is 6.90. The maximum Gasteiger partial charge on any atom is 0.257 e. The van der Waals surface area contributed by atoms with Crippen LogP contribution in [0.25, 0.3) is 0 Å². The fourth-order valence-corrected chi connectivity index (χ4v) is 4.51. The molecule has 29 heavy (non-hydrogen) atoms. The molecule has 0 aromatic heterocycles. The van der Waals surface area contributed by atoms with Crippen molar-refractivity contribution in [2.75, 3.05) is 11.6 Å². The second-order valence-corrected chi connectivity index (χ2v) is 10.3. The van der Waals surface area contributed by atoms with Gasteiger partial charge < -0.3 is 5.32 Å². The second-order valence-electron chi connectivity index (χ2n) is 6.76. The van der Waals surface area contributed by atoms with Crippen LogP contribution in [0, 0.1) is 13.8 Å². The van der Waals surface area contributed by atoms with Crippen LogP contribution >= 0.6 is 23.4 Å². The number of benzene rings is 3. The maximum absolute atomic E-state index is 12.6. The highest BCUT2D eigenvalue weighted by Crippen LogP contribution is 2.32. The summed E-state index contributed by atoms with van der Waals surface area (Å²) in [6, 6.07) is 17.9. The summed E-state index contributed by atoms with van der Waals surface area (Å²) in [5.74, 6) is -0.463. The summed E-state index contributed by atoms with van der Waals surface area (Å²) >= 11 is 7.75. The van der Waals surface area contributed by atoms with Crippen LogP contribution in [0.15, 0.2) is 75.4 Å². The molecular weight excluding hydrogens is 426 g/mol. The molecule has 3 rings (SSSR count). The molecule has 0 atom stereocenters. The Balaban J connectivity index is 1.76. The first-order valence-corrected chi connectivity index (χ1v) is 11.9. The molecule has 7 heteroatoms. The first-order valence-electron chi connectivity index (χ1n) is 8.79. The normalized spacial score (nSPS) is 11.3. The first kappa shape index (κ1) is 21.4. The molecule has 0 aliphatic rings. The summed E-state index contributed by atoms with van der Waals surface area (Å²) in [6.07, 6.45) is 1.09. The minimum absolute atomic E-state index is 0.0484. The Bertz CT molecular complexity index is 1170. The topological polar surface area (TPSA) is 63.2 Å². The van der Waals surface area contributed by atoms with Crippen LogP contribution in [0.5, 0.6) is 0 Å². The van der Waals surface area contributed by atoms with E-state index in [2.05, 4.69) is 37.4 Å². The fraction of sp³-hybridized carbons (Fsp3) is 0.136. The number of amides is 1. The van der Waals surface area contributed by atoms with Gasteiger partial charge in [-0.25, -0.2) is 8.42 Å². The molecular formula is C22H20ClNO3S2. The minimum Gasteiger partial charge on any atom is -0.322 e. The molecule has 0 heterocycles. The van der Waals surface area contributed by atoms with Gasteiger partial charge in [0, 0.05) is 21.7 Å². The number of nitrogens with one attached hydrogen (secondary N) is 1. The predicted molar refractivity (Wildman–Crippen MR) is 119 cm³/mol. The molecule has 0 aliphatic carbocycles. The third-order valence-electron chi connectivity index (χ3n) is 4.29. The van der Waals surface area contributed by atoms with Gasteiger partial charge in [-0.2, -0.15) is 0 Å². The highest BCUT2D eigenvalue weighted by atomic mass is 35.5. The van der Waals surface area contributed by atoms with E-state index in [9.17, 15) is 13.2 Å². The Morgan fingerprint density at radius 2 is 1.66 bits per heavy atom. The Hall–Kier alpha value is -2.28. The number of aryl methyl sites for hydroxylation is 2. The lowest BCUT2D eigenvalue weighted by molar-refractivity contribution is 0.102. The third kappa shape index (κ3) is 5.41. The van der Waals surface area contributed by atoms with Crippen LogP contribution in [0.3, 0.4) is 0 Å². The molecule has 1 amide bonds. The Labute approximate surface area is 180 Å². The summed E-state index contributed by atoms with van der Waals surface area (Å²) in [7, 11) is -3.43. The van der Waals surface area contributed by atoms with Gasteiger partial charge in [-0.1, -0.05) is 35.5 Å². The van der Waals surface area contributed by atoms with Gasteiger partial charge in [-0.05, 0) is 73.5 Å². The lowest BCUT2D eigenvalue weighted by atomic mass is 10.2. The summed E-state index contributed by atoms with van der Waals surface area (Å²) < 4.78 is 23.5. The number of carbonyl (C=O) groups is 1. The van der Waals surface area contributed by atoms with E-state index in [0.717, 1.165) is 11.2 Å². The van der Waals surface area contributed by atoms with Crippen molar-refractivity contribution in [3.05, 3.63) is 82.4 Å². The van der Waals surface area contributed by atoms with E-state index < -0.39 is 15.7 Å². The molecule has 0 spiro atoms. The molecule has 3 aromatic rings. The van der Waals surface area contributed by atoms with Gasteiger partial charge in [0.2, 0.25) is 0 Å². The second kappa shape index (κ2) is 8.61. The molecule has 4 nitrogen and oxygen atoms in total. The first-order chi connectivity index (χ1) is 13.6. The van der Waals surface area contributed by atoms with Crippen molar-refractivity contribution >= 4 is 44.8 Å². The van der Waals surface area contributed by atoms with Gasteiger partial charge in [0.1, 0.15) is 0 Å². The monoisotopic (exact) mass is 445 g/mol. The zero-order chi connectivity index (χ0) is 21.2. The van der Waals surface area contributed by atoms with E-state index >= 15 is 0 Å². The van der Waals surface area contributed by atoms with Crippen molar-refractivity contribution in [3.63, 3.8) is 0 Å². The molecule has 0 saturated heterocycles. The Morgan fingerprint density at radius 3 is 2.31 bits per heavy atom. The van der Waals surface area contributed by atoms with Crippen molar-refractivity contribution in [2.45, 2.75) is 28.5 Å². The van der Waals surface area contributed by atoms with Gasteiger partial charge >= 0.3 is 0 Å². The van der Waals surface area contributed by atoms with Gasteiger partial charge in [0.25, 0.3) is 5.91 Å². The molecule has 0 aliphatic heterocycles. The lowest BCUT2D eigenvalue weighted by Gasteiger charge is -2.10. The molecule has 0 saturated carbocycles. The van der Waals surface area contributed by atoms with Crippen molar-refractivity contribution in [2.24, 2.45) is 0 Å². The van der Waals surface area contributed by atoms with Crippen LogP contribution in [0.4, 0.5) is 5.69 Å².